The van der Waals surface area contributed by atoms with Gasteiger partial charge in [0, 0.05) is 25.7 Å². The summed E-state index contributed by atoms with van der Waals surface area (Å²) in [7, 11) is 0. The summed E-state index contributed by atoms with van der Waals surface area (Å²) in [5.41, 5.74) is 0. The van der Waals surface area contributed by atoms with Crippen LogP contribution in [0.3, 0.4) is 0 Å². The van der Waals surface area contributed by atoms with Gasteiger partial charge in [0.15, 0.2) is 0 Å². The fraction of sp³-hybridized carbons (Fsp3) is 0.636. The van der Waals surface area contributed by atoms with Gasteiger partial charge in [0.2, 0.25) is 0 Å². The monoisotopic (exact) mass is 260 g/mol. The fourth-order valence-electron chi connectivity index (χ4n) is 1.16. The van der Waals surface area contributed by atoms with Crippen molar-refractivity contribution in [1.82, 2.24) is 0 Å². The Morgan fingerprint density at radius 1 is 0.944 bits per heavy atom. The predicted octanol–water partition coefficient (Wildman–Crippen LogP) is 0.956. The summed E-state index contributed by atoms with van der Waals surface area (Å²) in [5, 5.41) is 16.3. The van der Waals surface area contributed by atoms with Crippen molar-refractivity contribution in [2.75, 3.05) is 0 Å². The van der Waals surface area contributed by atoms with Crippen molar-refractivity contribution in [3.8, 4) is 0 Å². The van der Waals surface area contributed by atoms with Gasteiger partial charge in [-0.05, 0) is 19.3 Å². The topological polar surface area (TPSA) is 118 Å². The van der Waals surface area contributed by atoms with E-state index in [1.54, 1.807) is 0 Å². The van der Waals surface area contributed by atoms with Crippen LogP contribution in [0.25, 0.3) is 0 Å². The molecule has 7 nitrogen and oxygen atoms in total. The highest BCUT2D eigenvalue weighted by molar-refractivity contribution is 5.87. The molecule has 1 aliphatic heterocycles. The Morgan fingerprint density at radius 3 is 1.56 bits per heavy atom. The Bertz CT molecular complexity index is 291. The van der Waals surface area contributed by atoms with Crippen LogP contribution in [0.4, 0.5) is 0 Å². The highest BCUT2D eigenvalue weighted by Crippen LogP contribution is 2.06. The quantitative estimate of drug-likeness (QED) is 0.429. The van der Waals surface area contributed by atoms with E-state index in [1.165, 1.54) is 0 Å². The number of carboxylic acid groups (broad SMARTS) is 2. The molecule has 0 unspecified atom stereocenters. The fourth-order valence-corrected chi connectivity index (χ4v) is 1.16. The Balaban J connectivity index is 0.000000327. The second-order valence-corrected chi connectivity index (χ2v) is 3.69. The van der Waals surface area contributed by atoms with E-state index in [4.69, 9.17) is 10.2 Å². The summed E-state index contributed by atoms with van der Waals surface area (Å²) in [5.74, 6) is -2.52. The van der Waals surface area contributed by atoms with Crippen molar-refractivity contribution in [3.05, 3.63) is 0 Å². The Morgan fingerprint density at radius 2 is 1.33 bits per heavy atom. The molecule has 0 saturated carbocycles. The third-order valence-electron chi connectivity index (χ3n) is 2.02. The molecule has 1 fully saturated rings. The molecule has 0 aromatic rings. The van der Waals surface area contributed by atoms with Crippen molar-refractivity contribution in [2.45, 2.75) is 44.9 Å². The molecule has 1 heterocycles. The maximum Gasteiger partial charge on any atom is 0.313 e. The molecule has 0 spiro atoms. The highest BCUT2D eigenvalue weighted by atomic mass is 16.6. The first-order valence-corrected chi connectivity index (χ1v) is 5.59. The van der Waals surface area contributed by atoms with Crippen molar-refractivity contribution in [1.29, 1.82) is 0 Å². The lowest BCUT2D eigenvalue weighted by molar-refractivity contribution is -0.163. The van der Waals surface area contributed by atoms with Gasteiger partial charge >= 0.3 is 23.9 Å². The minimum atomic E-state index is -0.870. The highest BCUT2D eigenvalue weighted by Gasteiger charge is 2.15. The van der Waals surface area contributed by atoms with Gasteiger partial charge in [-0.1, -0.05) is 0 Å². The minimum Gasteiger partial charge on any atom is -0.481 e. The number of cyclic esters (lactones) is 2. The summed E-state index contributed by atoms with van der Waals surface area (Å²) in [6.07, 6.45) is 2.46. The van der Waals surface area contributed by atoms with Gasteiger partial charge in [-0.15, -0.1) is 0 Å². The first kappa shape index (κ1) is 16.1. The number of ether oxygens (including phenoxy) is 1. The second-order valence-electron chi connectivity index (χ2n) is 3.69. The van der Waals surface area contributed by atoms with Crippen LogP contribution in [0.2, 0.25) is 0 Å². The second kappa shape index (κ2) is 9.15. The van der Waals surface area contributed by atoms with E-state index < -0.39 is 11.9 Å². The zero-order valence-electron chi connectivity index (χ0n) is 9.89. The van der Waals surface area contributed by atoms with Gasteiger partial charge in [-0.3, -0.25) is 19.2 Å². The molecule has 1 aliphatic rings. The Hall–Kier alpha value is -1.92. The molecule has 0 aromatic carbocycles. The Kier molecular flexibility index (Phi) is 8.17. The molecule has 102 valence electrons. The van der Waals surface area contributed by atoms with Crippen molar-refractivity contribution < 1.29 is 34.1 Å². The number of hydrogen-bond acceptors (Lipinski definition) is 5. The van der Waals surface area contributed by atoms with Crippen molar-refractivity contribution >= 4 is 23.9 Å². The third kappa shape index (κ3) is 10.6. The Labute approximate surface area is 104 Å². The van der Waals surface area contributed by atoms with Gasteiger partial charge in [-0.2, -0.15) is 0 Å². The van der Waals surface area contributed by atoms with E-state index >= 15 is 0 Å². The van der Waals surface area contributed by atoms with Crippen LogP contribution in [0.15, 0.2) is 0 Å². The van der Waals surface area contributed by atoms with Crippen LogP contribution in [0.1, 0.15) is 44.9 Å². The molecule has 2 N–H and O–H groups in total. The van der Waals surface area contributed by atoms with Gasteiger partial charge < -0.3 is 14.9 Å². The number of rotatable bonds is 5. The molecular formula is C11H16O7. The lowest BCUT2D eigenvalue weighted by atomic mass is 10.2. The zero-order valence-corrected chi connectivity index (χ0v) is 9.89. The molecule has 0 bridgehead atoms. The van der Waals surface area contributed by atoms with Gasteiger partial charge in [-0.25, -0.2) is 0 Å². The molecule has 18 heavy (non-hydrogen) atoms. The summed E-state index contributed by atoms with van der Waals surface area (Å²) in [6.45, 7) is 0. The maximum absolute atomic E-state index is 10.2. The van der Waals surface area contributed by atoms with Crippen LogP contribution in [0.5, 0.6) is 0 Å². The van der Waals surface area contributed by atoms with E-state index in [0.29, 0.717) is 32.1 Å². The van der Waals surface area contributed by atoms with Crippen LogP contribution in [-0.2, 0) is 23.9 Å². The summed E-state index contributed by atoms with van der Waals surface area (Å²) in [6, 6.07) is 0. The zero-order chi connectivity index (χ0) is 14.0. The van der Waals surface area contributed by atoms with Crippen molar-refractivity contribution in [2.24, 2.45) is 0 Å². The SMILES string of the molecule is O=C(O)CCCCC(=O)O.O=C1CCCC(=O)O1. The molecular weight excluding hydrogens is 244 g/mol. The number of esters is 2. The minimum absolute atomic E-state index is 0.0628. The van der Waals surface area contributed by atoms with Gasteiger partial charge in [0.1, 0.15) is 0 Å². The molecule has 0 aliphatic carbocycles. The number of unbranched alkanes of at least 4 members (excludes halogenated alkanes) is 1. The van der Waals surface area contributed by atoms with Crippen molar-refractivity contribution in [3.63, 3.8) is 0 Å². The average Bonchev–Trinajstić information content (AvgIpc) is 2.24. The first-order valence-electron chi connectivity index (χ1n) is 5.59. The largest absolute Gasteiger partial charge is 0.481 e. The lowest BCUT2D eigenvalue weighted by Crippen LogP contribution is -2.17. The molecule has 7 heteroatoms. The summed E-state index contributed by atoms with van der Waals surface area (Å²) < 4.78 is 4.21. The molecule has 0 radical (unpaired) electrons. The van der Waals surface area contributed by atoms with Crippen LogP contribution < -0.4 is 0 Å². The molecule has 0 amide bonds. The van der Waals surface area contributed by atoms with Gasteiger partial charge in [0.05, 0.1) is 0 Å². The summed E-state index contributed by atoms with van der Waals surface area (Å²) >= 11 is 0. The first-order chi connectivity index (χ1) is 8.41. The summed E-state index contributed by atoms with van der Waals surface area (Å²) in [4.78, 5) is 40.3. The lowest BCUT2D eigenvalue weighted by Gasteiger charge is -2.06. The third-order valence-corrected chi connectivity index (χ3v) is 2.02. The van der Waals surface area contributed by atoms with E-state index in [2.05, 4.69) is 4.74 Å². The predicted molar refractivity (Wildman–Crippen MR) is 58.7 cm³/mol. The number of hydrogen-bond donors (Lipinski definition) is 2. The molecule has 1 rings (SSSR count). The smallest absolute Gasteiger partial charge is 0.313 e. The van der Waals surface area contributed by atoms with Crippen LogP contribution >= 0.6 is 0 Å². The average molecular weight is 260 g/mol. The van der Waals surface area contributed by atoms with Gasteiger partial charge in [0.25, 0.3) is 0 Å². The maximum atomic E-state index is 10.2. The molecule has 0 atom stereocenters. The normalized spacial score (nSPS) is 14.2. The van der Waals surface area contributed by atoms with E-state index in [1.807, 2.05) is 0 Å². The number of aliphatic carboxylic acids is 2. The molecule has 0 aromatic heterocycles. The van der Waals surface area contributed by atoms with E-state index in [-0.39, 0.29) is 24.8 Å². The van der Waals surface area contributed by atoms with E-state index in [0.717, 1.165) is 0 Å². The number of carboxylic acids is 2. The number of carbonyl (C=O) groups excluding carboxylic acids is 2. The van der Waals surface area contributed by atoms with E-state index in [9.17, 15) is 19.2 Å². The standard InChI is InChI=1S/C6H10O4.C5H6O3/c7-5(8)3-1-2-4-6(9)10;6-4-2-1-3-5(7)8-4/h1-4H2,(H,7,8)(H,9,10);1-3H2. The number of carbonyl (C=O) groups is 4. The van der Waals surface area contributed by atoms with Crippen LogP contribution in [-0.4, -0.2) is 34.1 Å². The molecule has 1 saturated heterocycles. The van der Waals surface area contributed by atoms with Crippen LogP contribution in [0, 0.1) is 0 Å².